The largest absolute Gasteiger partial charge is 0.331 e. The number of hydrogen-bond donors (Lipinski definition) is 0. The molecule has 0 aromatic carbocycles. The summed E-state index contributed by atoms with van der Waals surface area (Å²) in [4.78, 5) is 15.2. The van der Waals surface area contributed by atoms with Crippen LogP contribution in [0.25, 0.3) is 0 Å². The smallest absolute Gasteiger partial charge is 0.319 e. The highest BCUT2D eigenvalue weighted by atomic mass is 16.2. The molecule has 0 unspecified atom stereocenters. The standard InChI is InChI=1S/C11H22N2O/c1-9(2)10-5-7-13(8-6-10)11(14)12(3)4/h9-10H,5-8H2,1-4H3. The lowest BCUT2D eigenvalue weighted by molar-refractivity contribution is 0.137. The summed E-state index contributed by atoms with van der Waals surface area (Å²) in [5.74, 6) is 1.56. The molecular formula is C11H22N2O. The molecule has 1 rings (SSSR count). The number of carbonyl (C=O) groups excluding carboxylic acids is 1. The van der Waals surface area contributed by atoms with Crippen LogP contribution in [-0.2, 0) is 0 Å². The van der Waals surface area contributed by atoms with Crippen LogP contribution in [0.5, 0.6) is 0 Å². The molecule has 1 fully saturated rings. The average molecular weight is 198 g/mol. The normalized spacial score (nSPS) is 18.8. The van der Waals surface area contributed by atoms with Crippen molar-refractivity contribution in [2.75, 3.05) is 27.2 Å². The van der Waals surface area contributed by atoms with Crippen LogP contribution in [0.1, 0.15) is 26.7 Å². The second kappa shape index (κ2) is 4.67. The number of nitrogens with zero attached hydrogens (tertiary/aromatic N) is 2. The number of piperidine rings is 1. The first-order valence-electron chi connectivity index (χ1n) is 5.48. The topological polar surface area (TPSA) is 23.6 Å². The van der Waals surface area contributed by atoms with Gasteiger partial charge in [-0.3, -0.25) is 0 Å². The molecule has 3 heteroatoms. The van der Waals surface area contributed by atoms with Crippen molar-refractivity contribution < 1.29 is 4.79 Å². The highest BCUT2D eigenvalue weighted by Crippen LogP contribution is 2.24. The Bertz CT molecular complexity index is 193. The second-order valence-corrected chi connectivity index (χ2v) is 4.75. The quantitative estimate of drug-likeness (QED) is 0.632. The second-order valence-electron chi connectivity index (χ2n) is 4.75. The van der Waals surface area contributed by atoms with E-state index >= 15 is 0 Å². The van der Waals surface area contributed by atoms with Crippen molar-refractivity contribution in [2.24, 2.45) is 11.8 Å². The predicted octanol–water partition coefficient (Wildman–Crippen LogP) is 2.04. The number of hydrogen-bond acceptors (Lipinski definition) is 1. The van der Waals surface area contributed by atoms with E-state index in [4.69, 9.17) is 0 Å². The summed E-state index contributed by atoms with van der Waals surface area (Å²) in [6.07, 6.45) is 2.33. The van der Waals surface area contributed by atoms with Crippen molar-refractivity contribution in [3.05, 3.63) is 0 Å². The maximum atomic E-state index is 11.6. The van der Waals surface area contributed by atoms with Crippen LogP contribution in [0.15, 0.2) is 0 Å². The Labute approximate surface area is 87.1 Å². The van der Waals surface area contributed by atoms with E-state index in [1.54, 1.807) is 4.90 Å². The minimum atomic E-state index is 0.159. The van der Waals surface area contributed by atoms with E-state index in [9.17, 15) is 4.79 Å². The van der Waals surface area contributed by atoms with E-state index in [-0.39, 0.29) is 6.03 Å². The summed E-state index contributed by atoms with van der Waals surface area (Å²) in [6, 6.07) is 0.159. The zero-order valence-corrected chi connectivity index (χ0v) is 9.79. The highest BCUT2D eigenvalue weighted by molar-refractivity contribution is 5.73. The SMILES string of the molecule is CC(C)C1CCN(C(=O)N(C)C)CC1. The van der Waals surface area contributed by atoms with Crippen LogP contribution in [0.3, 0.4) is 0 Å². The van der Waals surface area contributed by atoms with Crippen LogP contribution in [0.4, 0.5) is 4.79 Å². The number of rotatable bonds is 1. The lowest BCUT2D eigenvalue weighted by atomic mass is 9.87. The molecule has 0 aromatic rings. The molecule has 1 saturated heterocycles. The first-order valence-corrected chi connectivity index (χ1v) is 5.48. The Balaban J connectivity index is 2.39. The molecule has 2 amide bonds. The van der Waals surface area contributed by atoms with Gasteiger partial charge in [-0.15, -0.1) is 0 Å². The van der Waals surface area contributed by atoms with Gasteiger partial charge in [0, 0.05) is 27.2 Å². The fourth-order valence-electron chi connectivity index (χ4n) is 2.04. The van der Waals surface area contributed by atoms with Crippen LogP contribution in [-0.4, -0.2) is 43.0 Å². The molecular weight excluding hydrogens is 176 g/mol. The van der Waals surface area contributed by atoms with Crippen molar-refractivity contribution >= 4 is 6.03 Å². The summed E-state index contributed by atoms with van der Waals surface area (Å²) in [7, 11) is 3.63. The van der Waals surface area contributed by atoms with Gasteiger partial charge in [-0.1, -0.05) is 13.8 Å². The Hall–Kier alpha value is -0.730. The molecule has 14 heavy (non-hydrogen) atoms. The van der Waals surface area contributed by atoms with Crippen LogP contribution in [0, 0.1) is 11.8 Å². The fourth-order valence-corrected chi connectivity index (χ4v) is 2.04. The van der Waals surface area contributed by atoms with Crippen LogP contribution >= 0.6 is 0 Å². The molecule has 0 radical (unpaired) electrons. The van der Waals surface area contributed by atoms with E-state index in [2.05, 4.69) is 13.8 Å². The monoisotopic (exact) mass is 198 g/mol. The minimum absolute atomic E-state index is 0.159. The van der Waals surface area contributed by atoms with Gasteiger partial charge < -0.3 is 9.80 Å². The molecule has 1 aliphatic heterocycles. The molecule has 0 N–H and O–H groups in total. The van der Waals surface area contributed by atoms with Gasteiger partial charge in [-0.05, 0) is 24.7 Å². The number of amides is 2. The Morgan fingerprint density at radius 3 is 2.14 bits per heavy atom. The van der Waals surface area contributed by atoms with E-state index in [0.717, 1.165) is 37.8 Å². The highest BCUT2D eigenvalue weighted by Gasteiger charge is 2.24. The molecule has 3 nitrogen and oxygen atoms in total. The number of carbonyl (C=O) groups is 1. The number of likely N-dealkylation sites (tertiary alicyclic amines) is 1. The van der Waals surface area contributed by atoms with E-state index in [0.29, 0.717) is 0 Å². The fraction of sp³-hybridized carbons (Fsp3) is 0.909. The summed E-state index contributed by atoms with van der Waals surface area (Å²) >= 11 is 0. The van der Waals surface area contributed by atoms with Crippen molar-refractivity contribution in [1.82, 2.24) is 9.80 Å². The molecule has 0 saturated carbocycles. The summed E-state index contributed by atoms with van der Waals surface area (Å²) in [6.45, 7) is 6.40. The van der Waals surface area contributed by atoms with Gasteiger partial charge in [-0.25, -0.2) is 4.79 Å². The number of urea groups is 1. The minimum Gasteiger partial charge on any atom is -0.331 e. The summed E-state index contributed by atoms with van der Waals surface area (Å²) in [5, 5.41) is 0. The van der Waals surface area contributed by atoms with Gasteiger partial charge in [0.15, 0.2) is 0 Å². The van der Waals surface area contributed by atoms with Gasteiger partial charge in [0.25, 0.3) is 0 Å². The summed E-state index contributed by atoms with van der Waals surface area (Å²) < 4.78 is 0. The van der Waals surface area contributed by atoms with Crippen molar-refractivity contribution in [1.29, 1.82) is 0 Å². The zero-order chi connectivity index (χ0) is 10.7. The van der Waals surface area contributed by atoms with Gasteiger partial charge >= 0.3 is 6.03 Å². The third kappa shape index (κ3) is 2.63. The maximum Gasteiger partial charge on any atom is 0.319 e. The molecule has 0 bridgehead atoms. The van der Waals surface area contributed by atoms with E-state index < -0.39 is 0 Å². The van der Waals surface area contributed by atoms with Crippen LogP contribution in [0.2, 0.25) is 0 Å². The van der Waals surface area contributed by atoms with E-state index in [1.807, 2.05) is 19.0 Å². The Morgan fingerprint density at radius 1 is 1.29 bits per heavy atom. The van der Waals surface area contributed by atoms with Crippen LogP contribution < -0.4 is 0 Å². The van der Waals surface area contributed by atoms with Crippen molar-refractivity contribution in [3.63, 3.8) is 0 Å². The maximum absolute atomic E-state index is 11.6. The zero-order valence-electron chi connectivity index (χ0n) is 9.79. The van der Waals surface area contributed by atoms with Crippen molar-refractivity contribution in [3.8, 4) is 0 Å². The lowest BCUT2D eigenvalue weighted by Gasteiger charge is -2.35. The first kappa shape index (κ1) is 11.3. The van der Waals surface area contributed by atoms with Gasteiger partial charge in [-0.2, -0.15) is 0 Å². The molecule has 0 aliphatic carbocycles. The van der Waals surface area contributed by atoms with E-state index in [1.165, 1.54) is 0 Å². The first-order chi connectivity index (χ1) is 6.52. The Morgan fingerprint density at radius 2 is 1.79 bits per heavy atom. The van der Waals surface area contributed by atoms with Gasteiger partial charge in [0.1, 0.15) is 0 Å². The van der Waals surface area contributed by atoms with Gasteiger partial charge in [0.05, 0.1) is 0 Å². The molecule has 1 aliphatic rings. The predicted molar refractivity (Wildman–Crippen MR) is 58.2 cm³/mol. The lowest BCUT2D eigenvalue weighted by Crippen LogP contribution is -2.44. The third-order valence-corrected chi connectivity index (χ3v) is 3.14. The third-order valence-electron chi connectivity index (χ3n) is 3.14. The molecule has 82 valence electrons. The summed E-state index contributed by atoms with van der Waals surface area (Å²) in [5.41, 5.74) is 0. The van der Waals surface area contributed by atoms with Gasteiger partial charge in [0.2, 0.25) is 0 Å². The Kier molecular flexibility index (Phi) is 3.78. The molecule has 0 atom stereocenters. The van der Waals surface area contributed by atoms with Crippen molar-refractivity contribution in [2.45, 2.75) is 26.7 Å². The average Bonchev–Trinajstić information content (AvgIpc) is 2.16. The molecule has 1 heterocycles. The molecule has 0 aromatic heterocycles. The molecule has 0 spiro atoms.